The zero-order valence-corrected chi connectivity index (χ0v) is 11.2. The molecule has 5 heteroatoms. The standard InChI is InChI=1S/C15H15F2NO2/c1-9(12-5-4-11(20-2)8-15(12)19)18-10-3-6-13(16)14(17)7-10/h3-9,18-19H,1-2H3. The highest BCUT2D eigenvalue weighted by atomic mass is 19.2. The van der Waals surface area contributed by atoms with Gasteiger partial charge in [-0.1, -0.05) is 0 Å². The van der Waals surface area contributed by atoms with E-state index >= 15 is 0 Å². The van der Waals surface area contributed by atoms with E-state index in [1.807, 2.05) is 6.92 Å². The molecule has 3 nitrogen and oxygen atoms in total. The predicted molar refractivity (Wildman–Crippen MR) is 73.1 cm³/mol. The summed E-state index contributed by atoms with van der Waals surface area (Å²) in [6, 6.07) is 8.23. The topological polar surface area (TPSA) is 41.5 Å². The smallest absolute Gasteiger partial charge is 0.160 e. The Hall–Kier alpha value is -2.30. The van der Waals surface area contributed by atoms with Crippen LogP contribution in [0.3, 0.4) is 0 Å². The number of methoxy groups -OCH3 is 1. The molecule has 2 N–H and O–H groups in total. The molecule has 0 radical (unpaired) electrons. The number of phenolic OH excluding ortho intramolecular Hbond substituents is 1. The molecule has 0 saturated carbocycles. The molecule has 1 unspecified atom stereocenters. The fourth-order valence-electron chi connectivity index (χ4n) is 1.93. The molecule has 0 aromatic heterocycles. The number of halogens is 2. The predicted octanol–water partition coefficient (Wildman–Crippen LogP) is 3.85. The third-order valence-electron chi connectivity index (χ3n) is 3.01. The molecule has 0 aliphatic heterocycles. The van der Waals surface area contributed by atoms with Crippen LogP contribution in [0.15, 0.2) is 36.4 Å². The Morgan fingerprint density at radius 1 is 1.10 bits per heavy atom. The molecular formula is C15H15F2NO2. The molecule has 0 aliphatic carbocycles. The lowest BCUT2D eigenvalue weighted by atomic mass is 10.1. The van der Waals surface area contributed by atoms with E-state index in [4.69, 9.17) is 4.74 Å². The van der Waals surface area contributed by atoms with Crippen LogP contribution < -0.4 is 10.1 Å². The van der Waals surface area contributed by atoms with Crippen LogP contribution in [0.25, 0.3) is 0 Å². The largest absolute Gasteiger partial charge is 0.507 e. The Bertz CT molecular complexity index is 617. The number of phenols is 1. The number of aromatic hydroxyl groups is 1. The first-order valence-corrected chi connectivity index (χ1v) is 6.09. The van der Waals surface area contributed by atoms with Gasteiger partial charge in [-0.3, -0.25) is 0 Å². The van der Waals surface area contributed by atoms with E-state index in [0.29, 0.717) is 17.0 Å². The van der Waals surface area contributed by atoms with Crippen molar-refractivity contribution in [2.24, 2.45) is 0 Å². The summed E-state index contributed by atoms with van der Waals surface area (Å²) in [6.07, 6.45) is 0. The number of rotatable bonds is 4. The average molecular weight is 279 g/mol. The monoisotopic (exact) mass is 279 g/mol. The Balaban J connectivity index is 2.19. The number of benzene rings is 2. The van der Waals surface area contributed by atoms with Crippen molar-refractivity contribution in [1.82, 2.24) is 0 Å². The van der Waals surface area contributed by atoms with Gasteiger partial charge < -0.3 is 15.2 Å². The van der Waals surface area contributed by atoms with Crippen LogP contribution in [0, 0.1) is 11.6 Å². The first-order chi connectivity index (χ1) is 9.51. The minimum atomic E-state index is -0.916. The highest BCUT2D eigenvalue weighted by molar-refractivity contribution is 5.49. The third kappa shape index (κ3) is 2.99. The molecule has 106 valence electrons. The number of ether oxygens (including phenoxy) is 1. The van der Waals surface area contributed by atoms with Crippen LogP contribution in [0.2, 0.25) is 0 Å². The van der Waals surface area contributed by atoms with Crippen molar-refractivity contribution in [3.05, 3.63) is 53.6 Å². The SMILES string of the molecule is COc1ccc(C(C)Nc2ccc(F)c(F)c2)c(O)c1. The molecule has 0 spiro atoms. The van der Waals surface area contributed by atoms with E-state index in [9.17, 15) is 13.9 Å². The van der Waals surface area contributed by atoms with Gasteiger partial charge in [0.2, 0.25) is 0 Å². The lowest BCUT2D eigenvalue weighted by Gasteiger charge is -2.17. The second-order valence-corrected chi connectivity index (χ2v) is 4.42. The van der Waals surface area contributed by atoms with E-state index < -0.39 is 11.6 Å². The minimum absolute atomic E-state index is 0.0759. The van der Waals surface area contributed by atoms with Gasteiger partial charge in [-0.05, 0) is 31.2 Å². The summed E-state index contributed by atoms with van der Waals surface area (Å²) in [4.78, 5) is 0. The molecule has 0 aliphatic rings. The third-order valence-corrected chi connectivity index (χ3v) is 3.01. The van der Waals surface area contributed by atoms with Gasteiger partial charge in [-0.25, -0.2) is 8.78 Å². The Kier molecular flexibility index (Phi) is 4.08. The maximum Gasteiger partial charge on any atom is 0.160 e. The second-order valence-electron chi connectivity index (χ2n) is 4.42. The van der Waals surface area contributed by atoms with E-state index in [0.717, 1.165) is 12.1 Å². The molecule has 0 heterocycles. The van der Waals surface area contributed by atoms with Gasteiger partial charge in [0.05, 0.1) is 13.2 Å². The zero-order valence-electron chi connectivity index (χ0n) is 11.2. The number of hydrogen-bond donors (Lipinski definition) is 2. The summed E-state index contributed by atoms with van der Waals surface area (Å²) in [5.41, 5.74) is 1.07. The van der Waals surface area contributed by atoms with Gasteiger partial charge in [-0.2, -0.15) is 0 Å². The molecular weight excluding hydrogens is 264 g/mol. The van der Waals surface area contributed by atoms with Crippen molar-refractivity contribution in [2.45, 2.75) is 13.0 Å². The number of nitrogens with one attached hydrogen (secondary N) is 1. The normalized spacial score (nSPS) is 12.0. The van der Waals surface area contributed by atoms with Crippen LogP contribution in [-0.4, -0.2) is 12.2 Å². The van der Waals surface area contributed by atoms with Crippen LogP contribution >= 0.6 is 0 Å². The van der Waals surface area contributed by atoms with Crippen molar-refractivity contribution in [3.8, 4) is 11.5 Å². The van der Waals surface area contributed by atoms with Crippen molar-refractivity contribution in [1.29, 1.82) is 0 Å². The molecule has 0 amide bonds. The van der Waals surface area contributed by atoms with Crippen molar-refractivity contribution in [2.75, 3.05) is 12.4 Å². The van der Waals surface area contributed by atoms with Crippen molar-refractivity contribution < 1.29 is 18.6 Å². The molecule has 2 aromatic rings. The van der Waals surface area contributed by atoms with Gasteiger partial charge in [0.1, 0.15) is 11.5 Å². The lowest BCUT2D eigenvalue weighted by molar-refractivity contribution is 0.406. The Morgan fingerprint density at radius 2 is 1.85 bits per heavy atom. The summed E-state index contributed by atoms with van der Waals surface area (Å²) in [5.74, 6) is -1.19. The summed E-state index contributed by atoms with van der Waals surface area (Å²) in [7, 11) is 1.51. The van der Waals surface area contributed by atoms with E-state index in [1.165, 1.54) is 19.2 Å². The fraction of sp³-hybridized carbons (Fsp3) is 0.200. The maximum absolute atomic E-state index is 13.1. The number of hydrogen-bond acceptors (Lipinski definition) is 3. The van der Waals surface area contributed by atoms with E-state index in [1.54, 1.807) is 12.1 Å². The van der Waals surface area contributed by atoms with Crippen LogP contribution in [0.1, 0.15) is 18.5 Å². The number of anilines is 1. The minimum Gasteiger partial charge on any atom is -0.507 e. The van der Waals surface area contributed by atoms with Crippen LogP contribution in [0.4, 0.5) is 14.5 Å². The first-order valence-electron chi connectivity index (χ1n) is 6.09. The van der Waals surface area contributed by atoms with Gasteiger partial charge >= 0.3 is 0 Å². The van der Waals surface area contributed by atoms with Gasteiger partial charge in [-0.15, -0.1) is 0 Å². The second kappa shape index (κ2) is 5.77. The average Bonchev–Trinajstić information content (AvgIpc) is 2.42. The molecule has 2 aromatic carbocycles. The quantitative estimate of drug-likeness (QED) is 0.893. The molecule has 0 bridgehead atoms. The summed E-state index contributed by atoms with van der Waals surface area (Å²) in [6.45, 7) is 1.81. The van der Waals surface area contributed by atoms with E-state index in [-0.39, 0.29) is 11.8 Å². The van der Waals surface area contributed by atoms with Gasteiger partial charge in [0.25, 0.3) is 0 Å². The fourth-order valence-corrected chi connectivity index (χ4v) is 1.93. The summed E-state index contributed by atoms with van der Waals surface area (Å²) < 4.78 is 31.0. The highest BCUT2D eigenvalue weighted by Crippen LogP contribution is 2.30. The Morgan fingerprint density at radius 3 is 2.45 bits per heavy atom. The molecule has 2 rings (SSSR count). The Labute approximate surface area is 115 Å². The molecule has 0 fully saturated rings. The van der Waals surface area contributed by atoms with Crippen LogP contribution in [0.5, 0.6) is 11.5 Å². The molecule has 1 atom stereocenters. The first kappa shape index (κ1) is 14.1. The van der Waals surface area contributed by atoms with Gasteiger partial charge in [0, 0.05) is 23.4 Å². The lowest BCUT2D eigenvalue weighted by Crippen LogP contribution is -2.07. The van der Waals surface area contributed by atoms with Crippen LogP contribution in [-0.2, 0) is 0 Å². The summed E-state index contributed by atoms with van der Waals surface area (Å²) >= 11 is 0. The van der Waals surface area contributed by atoms with Gasteiger partial charge in [0.15, 0.2) is 11.6 Å². The van der Waals surface area contributed by atoms with Crippen molar-refractivity contribution >= 4 is 5.69 Å². The maximum atomic E-state index is 13.1. The molecule has 0 saturated heterocycles. The van der Waals surface area contributed by atoms with E-state index in [2.05, 4.69) is 5.32 Å². The van der Waals surface area contributed by atoms with Crippen molar-refractivity contribution in [3.63, 3.8) is 0 Å². The summed E-state index contributed by atoms with van der Waals surface area (Å²) in [5, 5.41) is 12.9. The zero-order chi connectivity index (χ0) is 14.7. The molecule has 20 heavy (non-hydrogen) atoms. The highest BCUT2D eigenvalue weighted by Gasteiger charge is 2.12.